The Morgan fingerprint density at radius 2 is 0.833 bits per heavy atom. The summed E-state index contributed by atoms with van der Waals surface area (Å²) in [6, 6.07) is -37.9. The van der Waals surface area contributed by atoms with E-state index in [2.05, 4.69) is 0 Å². The van der Waals surface area contributed by atoms with Crippen LogP contribution in [0, 0.1) is 0 Å². The summed E-state index contributed by atoms with van der Waals surface area (Å²) in [4.78, 5) is 0.309. The lowest BCUT2D eigenvalue weighted by Crippen LogP contribution is -2.10. The van der Waals surface area contributed by atoms with Crippen LogP contribution in [0.1, 0.15) is 48.0 Å². The van der Waals surface area contributed by atoms with E-state index in [0.717, 1.165) is 0 Å². The minimum atomic E-state index is -1.39. The maximum Gasteiger partial charge on any atom is 0.159 e. The zero-order valence-corrected chi connectivity index (χ0v) is 26.9. The molecule has 0 aliphatic rings. The van der Waals surface area contributed by atoms with Crippen molar-refractivity contribution in [3.05, 3.63) is 211 Å². The molecule has 0 saturated heterocycles. The number of rotatable bonds is 7. The van der Waals surface area contributed by atoms with Crippen molar-refractivity contribution in [2.24, 2.45) is 0 Å². The molecular formula is C52H35NO. The van der Waals surface area contributed by atoms with Crippen LogP contribution in [-0.4, -0.2) is 0 Å². The molecule has 0 N–H and O–H groups in total. The van der Waals surface area contributed by atoms with Crippen molar-refractivity contribution >= 4 is 49.8 Å². The predicted octanol–water partition coefficient (Wildman–Crippen LogP) is 14.9. The van der Waals surface area contributed by atoms with Gasteiger partial charge in [-0.25, -0.2) is 0 Å². The van der Waals surface area contributed by atoms with E-state index in [0.29, 0.717) is 4.90 Å². The summed E-state index contributed by atoms with van der Waals surface area (Å²) in [7, 11) is 0. The minimum Gasteiger partial charge on any atom is -0.453 e. The normalized spacial score (nSPS) is 20.4. The number of furan rings is 1. The maximum atomic E-state index is 9.84. The van der Waals surface area contributed by atoms with E-state index in [-0.39, 0.29) is 0 Å². The zero-order chi connectivity index (χ0) is 66.3. The number of nitrogens with zero attached hydrogens (tertiary/aromatic N) is 1. The van der Waals surface area contributed by atoms with Gasteiger partial charge < -0.3 is 9.32 Å². The third-order valence-electron chi connectivity index (χ3n) is 7.86. The first kappa shape index (κ1) is 11.9. The molecule has 2 nitrogen and oxygen atoms in total. The fourth-order valence-corrected chi connectivity index (χ4v) is 5.47. The summed E-state index contributed by atoms with van der Waals surface area (Å²) in [5.41, 5.74) is -12.7. The molecule has 0 unspecified atom stereocenters. The monoisotopic (exact) mass is 724 g/mol. The van der Waals surface area contributed by atoms with Crippen LogP contribution in [0.25, 0.3) is 77.2 Å². The molecule has 10 aromatic rings. The Balaban J connectivity index is 1.42. The number of para-hydroxylation sites is 2. The highest BCUT2D eigenvalue weighted by Crippen LogP contribution is 2.45. The van der Waals surface area contributed by atoms with Crippen molar-refractivity contribution < 1.29 is 52.4 Å². The van der Waals surface area contributed by atoms with Crippen molar-refractivity contribution in [1.29, 1.82) is 0 Å². The Labute approximate surface area is 364 Å². The van der Waals surface area contributed by atoms with Gasteiger partial charge in [-0.15, -0.1) is 0 Å². The Morgan fingerprint density at radius 3 is 1.48 bits per heavy atom. The third kappa shape index (κ3) is 5.71. The van der Waals surface area contributed by atoms with Gasteiger partial charge in [0.15, 0.2) is 5.58 Å². The van der Waals surface area contributed by atoms with E-state index in [1.165, 1.54) is 0 Å². The van der Waals surface area contributed by atoms with Crippen LogP contribution in [0.2, 0.25) is 0 Å². The summed E-state index contributed by atoms with van der Waals surface area (Å²) >= 11 is 0. The van der Waals surface area contributed by atoms with Crippen molar-refractivity contribution in [3.63, 3.8) is 0 Å². The van der Waals surface area contributed by atoms with E-state index >= 15 is 0 Å². The van der Waals surface area contributed by atoms with Gasteiger partial charge >= 0.3 is 0 Å². The van der Waals surface area contributed by atoms with Gasteiger partial charge in [0.2, 0.25) is 0 Å². The first-order valence-corrected chi connectivity index (χ1v) is 15.6. The largest absolute Gasteiger partial charge is 0.453 e. The summed E-state index contributed by atoms with van der Waals surface area (Å²) in [6.07, 6.45) is 0. The quantitative estimate of drug-likeness (QED) is 0.163. The summed E-state index contributed by atoms with van der Waals surface area (Å²) in [5.74, 6) is 0. The second kappa shape index (κ2) is 13.4. The van der Waals surface area contributed by atoms with Crippen LogP contribution < -0.4 is 4.90 Å². The Morgan fingerprint density at radius 1 is 0.333 bits per heavy atom. The second-order valence-corrected chi connectivity index (χ2v) is 11.0. The predicted molar refractivity (Wildman–Crippen MR) is 228 cm³/mol. The van der Waals surface area contributed by atoms with Gasteiger partial charge in [0.1, 0.15) is 5.58 Å². The first-order valence-electron chi connectivity index (χ1n) is 33.1. The third-order valence-corrected chi connectivity index (χ3v) is 7.86. The molecule has 54 heavy (non-hydrogen) atoms. The first-order chi connectivity index (χ1) is 41.4. The van der Waals surface area contributed by atoms with E-state index in [1.807, 2.05) is 0 Å². The lowest BCUT2D eigenvalue weighted by molar-refractivity contribution is 0.670. The topological polar surface area (TPSA) is 16.4 Å². The standard InChI is InChI=1S/C52H35NO/c1-4-13-36(14-5-1)41-19-10-20-46(35-41)53(50-24-12-23-49-48-22-11-21-47(51(48)54-52(49)50)40-17-8-3-9-18-40)45-31-29-38(30-32-45)43-28-26-39-25-27-42(33-44(39)34-43)37-15-6-2-7-16-37/h1-35H/i1D,2D,3D,4D,5D,6D,7D,8D,9D,10D,11D,12D,13D,14D,15D,16D,17D,18D,19D,20D,21D,22D,23D,24D,25D,26D,27D,28D,29D,30D,31D,32D,33D,34D,35D. The highest BCUT2D eigenvalue weighted by molar-refractivity contribution is 6.13. The lowest BCUT2D eigenvalue weighted by atomic mass is 9.97. The molecule has 0 saturated carbocycles. The molecule has 0 atom stereocenters. The molecule has 2 heteroatoms. The van der Waals surface area contributed by atoms with Gasteiger partial charge in [-0.05, 0) is 92.0 Å². The van der Waals surface area contributed by atoms with Crippen molar-refractivity contribution in [1.82, 2.24) is 0 Å². The van der Waals surface area contributed by atoms with E-state index in [4.69, 9.17) is 35.9 Å². The second-order valence-electron chi connectivity index (χ2n) is 11.0. The van der Waals surface area contributed by atoms with Crippen LogP contribution in [0.4, 0.5) is 17.1 Å². The fourth-order valence-electron chi connectivity index (χ4n) is 5.47. The molecule has 254 valence electrons. The van der Waals surface area contributed by atoms with Gasteiger partial charge in [0.05, 0.1) is 53.7 Å². The van der Waals surface area contributed by atoms with Crippen LogP contribution in [0.5, 0.6) is 0 Å². The van der Waals surface area contributed by atoms with Gasteiger partial charge in [0, 0.05) is 27.7 Å². The molecular weight excluding hydrogens is 655 g/mol. The van der Waals surface area contributed by atoms with Gasteiger partial charge in [-0.2, -0.15) is 0 Å². The van der Waals surface area contributed by atoms with E-state index < -0.39 is 306 Å². The van der Waals surface area contributed by atoms with Gasteiger partial charge in [0.25, 0.3) is 0 Å². The molecule has 1 aromatic heterocycles. The lowest BCUT2D eigenvalue weighted by Gasteiger charge is -2.26. The Bertz CT molecular complexity index is 4860. The van der Waals surface area contributed by atoms with E-state index in [9.17, 15) is 16.4 Å². The molecule has 9 aromatic carbocycles. The van der Waals surface area contributed by atoms with Gasteiger partial charge in [-0.1, -0.05) is 169 Å². The molecule has 1 heterocycles. The van der Waals surface area contributed by atoms with E-state index in [1.54, 1.807) is 0 Å². The highest BCUT2D eigenvalue weighted by atomic mass is 16.3. The van der Waals surface area contributed by atoms with Crippen molar-refractivity contribution in [2.45, 2.75) is 0 Å². The van der Waals surface area contributed by atoms with Crippen molar-refractivity contribution in [2.75, 3.05) is 4.90 Å². The number of anilines is 3. The minimum absolute atomic E-state index is 0.309. The number of fused-ring (bicyclic) bond motifs is 4. The summed E-state index contributed by atoms with van der Waals surface area (Å²) in [5, 5.41) is -3.08. The summed E-state index contributed by atoms with van der Waals surface area (Å²) in [6.45, 7) is 0. The Hall–Kier alpha value is -7.16. The average molecular weight is 725 g/mol. The number of hydrogen-bond donors (Lipinski definition) is 0. The zero-order valence-electron chi connectivity index (χ0n) is 61.9. The molecule has 0 spiro atoms. The average Bonchev–Trinajstić information content (AvgIpc) is 1.70. The SMILES string of the molecule is [2H]c1c([2H])c([2H])c(-c2c([2H])c([2H])c([2H])c(N(c3c([2H])c([2H])c(-c4c([2H])c([2H])c5c([2H])c([2H])c(-c6c([2H])c([2H])c([2H])c([2H])c6[2H])c([2H])c5c4[2H])c([2H])c3[2H])c3c([2H])c([2H])c([2H])c4c3oc3c(-c5c([2H])c([2H])c([2H])c([2H])c5[2H])c([2H])c([2H])c([2H])c34)c2[2H])c([2H])c1[2H]. The molecule has 0 bridgehead atoms. The Kier molecular flexibility index (Phi) is 2.97. The van der Waals surface area contributed by atoms with Crippen LogP contribution in [-0.2, 0) is 0 Å². The molecule has 0 radical (unpaired) electrons. The molecule has 0 fully saturated rings. The number of benzene rings is 9. The summed E-state index contributed by atoms with van der Waals surface area (Å²) < 4.78 is 321. The van der Waals surface area contributed by atoms with Crippen LogP contribution in [0.3, 0.4) is 0 Å². The molecule has 0 aliphatic heterocycles. The van der Waals surface area contributed by atoms with Crippen LogP contribution >= 0.6 is 0 Å². The van der Waals surface area contributed by atoms with Crippen LogP contribution in [0.15, 0.2) is 216 Å². The fraction of sp³-hybridized carbons (Fsp3) is 0. The van der Waals surface area contributed by atoms with Crippen molar-refractivity contribution in [3.8, 4) is 44.5 Å². The molecule has 10 rings (SSSR count). The molecule has 0 aliphatic carbocycles. The smallest absolute Gasteiger partial charge is 0.159 e. The van der Waals surface area contributed by atoms with Gasteiger partial charge in [-0.3, -0.25) is 0 Å². The highest BCUT2D eigenvalue weighted by Gasteiger charge is 2.21. The number of hydrogen-bond acceptors (Lipinski definition) is 2. The maximum absolute atomic E-state index is 9.84. The molecule has 0 amide bonds.